The molecule has 0 bridgehead atoms. The van der Waals surface area contributed by atoms with E-state index in [-0.39, 0.29) is 0 Å². The maximum atomic E-state index is 13.0. The van der Waals surface area contributed by atoms with Crippen LogP contribution in [-0.4, -0.2) is 72.8 Å². The van der Waals surface area contributed by atoms with Crippen LogP contribution in [0, 0.1) is 12.3 Å². The Kier molecular flexibility index (Phi) is 4.88. The number of piperidine rings is 1. The third kappa shape index (κ3) is 3.32. The van der Waals surface area contributed by atoms with Gasteiger partial charge in [0.15, 0.2) is 5.03 Å². The van der Waals surface area contributed by atoms with Crippen molar-refractivity contribution in [2.75, 3.05) is 39.4 Å². The number of sulfonamides is 1. The molecule has 0 amide bonds. The van der Waals surface area contributed by atoms with Gasteiger partial charge in [-0.05, 0) is 50.5 Å². The molecule has 0 aromatic carbocycles. The van der Waals surface area contributed by atoms with Gasteiger partial charge in [0.25, 0.3) is 10.0 Å². The molecular formula is C18H30N4O3S. The number of hydrogen-bond acceptors (Lipinski definition) is 5. The molecule has 1 saturated carbocycles. The van der Waals surface area contributed by atoms with E-state index >= 15 is 0 Å². The van der Waals surface area contributed by atoms with Crippen molar-refractivity contribution in [3.05, 3.63) is 11.8 Å². The van der Waals surface area contributed by atoms with E-state index in [1.165, 1.54) is 23.9 Å². The van der Waals surface area contributed by atoms with E-state index in [0.29, 0.717) is 29.6 Å². The summed E-state index contributed by atoms with van der Waals surface area (Å²) in [4.78, 5) is 2.58. The summed E-state index contributed by atoms with van der Waals surface area (Å²) in [6.07, 6.45) is 5.64. The molecule has 7 nitrogen and oxygen atoms in total. The number of rotatable bonds is 3. The third-order valence-corrected chi connectivity index (χ3v) is 8.54. The first-order valence-corrected chi connectivity index (χ1v) is 11.2. The first-order valence-electron chi connectivity index (χ1n) is 9.72. The highest BCUT2D eigenvalue weighted by Gasteiger charge is 2.45. The molecule has 3 fully saturated rings. The van der Waals surface area contributed by atoms with Crippen LogP contribution >= 0.6 is 0 Å². The van der Waals surface area contributed by atoms with Gasteiger partial charge < -0.3 is 4.74 Å². The van der Waals surface area contributed by atoms with Crippen molar-refractivity contribution in [1.82, 2.24) is 19.0 Å². The van der Waals surface area contributed by atoms with Crippen LogP contribution < -0.4 is 0 Å². The van der Waals surface area contributed by atoms with Gasteiger partial charge in [-0.25, -0.2) is 8.42 Å². The summed E-state index contributed by atoms with van der Waals surface area (Å²) >= 11 is 0. The van der Waals surface area contributed by atoms with Gasteiger partial charge in [0.1, 0.15) is 0 Å². The van der Waals surface area contributed by atoms with E-state index in [4.69, 9.17) is 4.74 Å². The van der Waals surface area contributed by atoms with Gasteiger partial charge in [-0.1, -0.05) is 0 Å². The maximum absolute atomic E-state index is 13.0. The van der Waals surface area contributed by atoms with Crippen LogP contribution in [-0.2, 0) is 21.8 Å². The first-order chi connectivity index (χ1) is 12.4. The molecule has 2 saturated heterocycles. The standard InChI is InChI=1S/C18H30N4O3S/c1-15-13-17(20(2)19-15)26(23,24)22-7-5-18(6-8-22)4-3-16(14-18)21-9-11-25-12-10-21/h13,16H,3-12,14H2,1-2H3/t16-/m0/s1. The van der Waals surface area contributed by atoms with Crippen LogP contribution in [0.25, 0.3) is 0 Å². The van der Waals surface area contributed by atoms with Crippen molar-refractivity contribution in [2.45, 2.75) is 50.1 Å². The number of aryl methyl sites for hydroxylation is 2. The minimum absolute atomic E-state index is 0.309. The number of aromatic nitrogens is 2. The normalized spacial score (nSPS) is 28.0. The summed E-state index contributed by atoms with van der Waals surface area (Å²) in [7, 11) is -1.74. The molecule has 0 unspecified atom stereocenters. The van der Waals surface area contributed by atoms with Gasteiger partial charge in [-0.2, -0.15) is 9.40 Å². The molecule has 0 radical (unpaired) electrons. The molecule has 4 rings (SSSR count). The lowest BCUT2D eigenvalue weighted by Crippen LogP contribution is -2.45. The molecule has 3 aliphatic rings. The average Bonchev–Trinajstić information content (AvgIpc) is 3.20. The Bertz CT molecular complexity index is 746. The molecule has 8 heteroatoms. The minimum atomic E-state index is -3.45. The monoisotopic (exact) mass is 382 g/mol. The highest BCUT2D eigenvalue weighted by atomic mass is 32.2. The average molecular weight is 383 g/mol. The summed E-state index contributed by atoms with van der Waals surface area (Å²) in [5.41, 5.74) is 1.07. The Morgan fingerprint density at radius 3 is 2.46 bits per heavy atom. The van der Waals surface area contributed by atoms with Crippen molar-refractivity contribution in [2.24, 2.45) is 12.5 Å². The summed E-state index contributed by atoms with van der Waals surface area (Å²) in [5.74, 6) is 0. The molecule has 1 atom stereocenters. The van der Waals surface area contributed by atoms with E-state index in [9.17, 15) is 8.42 Å². The molecular weight excluding hydrogens is 352 g/mol. The van der Waals surface area contributed by atoms with Crippen molar-refractivity contribution >= 4 is 10.0 Å². The summed E-state index contributed by atoms with van der Waals surface area (Å²) in [6, 6.07) is 2.32. The lowest BCUT2D eigenvalue weighted by atomic mass is 9.77. The zero-order valence-corrected chi connectivity index (χ0v) is 16.7. The zero-order valence-electron chi connectivity index (χ0n) is 15.9. The van der Waals surface area contributed by atoms with Gasteiger partial charge >= 0.3 is 0 Å². The third-order valence-electron chi connectivity index (χ3n) is 6.58. The molecule has 1 aromatic rings. The van der Waals surface area contributed by atoms with Gasteiger partial charge in [-0.15, -0.1) is 0 Å². The molecule has 146 valence electrons. The van der Waals surface area contributed by atoms with Gasteiger partial charge in [0, 0.05) is 39.3 Å². The van der Waals surface area contributed by atoms with E-state index < -0.39 is 10.0 Å². The van der Waals surface area contributed by atoms with E-state index in [2.05, 4.69) is 10.00 Å². The fraction of sp³-hybridized carbons (Fsp3) is 0.833. The Hall–Kier alpha value is -0.960. The fourth-order valence-electron chi connectivity index (χ4n) is 5.05. The zero-order chi connectivity index (χ0) is 18.4. The highest BCUT2D eigenvalue weighted by molar-refractivity contribution is 7.89. The van der Waals surface area contributed by atoms with Crippen LogP contribution in [0.1, 0.15) is 37.8 Å². The number of ether oxygens (including phenoxy) is 1. The van der Waals surface area contributed by atoms with Crippen molar-refractivity contribution in [1.29, 1.82) is 0 Å². The quantitative estimate of drug-likeness (QED) is 0.790. The van der Waals surface area contributed by atoms with Crippen LogP contribution in [0.3, 0.4) is 0 Å². The summed E-state index contributed by atoms with van der Waals surface area (Å²) in [6.45, 7) is 6.86. The molecule has 26 heavy (non-hydrogen) atoms. The topological polar surface area (TPSA) is 67.7 Å². The van der Waals surface area contributed by atoms with Crippen molar-refractivity contribution in [3.8, 4) is 0 Å². The predicted octanol–water partition coefficient (Wildman–Crippen LogP) is 1.38. The van der Waals surface area contributed by atoms with Crippen LogP contribution in [0.5, 0.6) is 0 Å². The molecule has 1 aromatic heterocycles. The second-order valence-electron chi connectivity index (χ2n) is 8.20. The Morgan fingerprint density at radius 2 is 1.85 bits per heavy atom. The van der Waals surface area contributed by atoms with Crippen molar-refractivity contribution in [3.63, 3.8) is 0 Å². The SMILES string of the molecule is Cc1cc(S(=O)(=O)N2CCC3(CC[C@H](N4CCOCC4)C3)CC2)n(C)n1. The number of hydrogen-bond donors (Lipinski definition) is 0. The first kappa shape index (κ1) is 18.4. The summed E-state index contributed by atoms with van der Waals surface area (Å²) < 4.78 is 34.6. The molecule has 1 aliphatic carbocycles. The smallest absolute Gasteiger partial charge is 0.260 e. The second-order valence-corrected chi connectivity index (χ2v) is 10.1. The van der Waals surface area contributed by atoms with Crippen LogP contribution in [0.2, 0.25) is 0 Å². The van der Waals surface area contributed by atoms with Crippen LogP contribution in [0.15, 0.2) is 11.1 Å². The van der Waals surface area contributed by atoms with Crippen molar-refractivity contribution < 1.29 is 13.2 Å². The van der Waals surface area contributed by atoms with Gasteiger partial charge in [0.2, 0.25) is 0 Å². The fourth-order valence-corrected chi connectivity index (χ4v) is 6.67. The van der Waals surface area contributed by atoms with E-state index in [0.717, 1.165) is 44.8 Å². The minimum Gasteiger partial charge on any atom is -0.379 e. The lowest BCUT2D eigenvalue weighted by molar-refractivity contribution is 0.0137. The molecule has 2 aliphatic heterocycles. The molecule has 0 N–H and O–H groups in total. The molecule has 1 spiro atoms. The number of nitrogens with zero attached hydrogens (tertiary/aromatic N) is 4. The molecule has 3 heterocycles. The Morgan fingerprint density at radius 1 is 1.15 bits per heavy atom. The largest absolute Gasteiger partial charge is 0.379 e. The predicted molar refractivity (Wildman–Crippen MR) is 98.4 cm³/mol. The number of morpholine rings is 1. The summed E-state index contributed by atoms with van der Waals surface area (Å²) in [5, 5.41) is 4.51. The van der Waals surface area contributed by atoms with E-state index in [1.54, 1.807) is 17.4 Å². The van der Waals surface area contributed by atoms with Gasteiger partial charge in [0.05, 0.1) is 18.9 Å². The maximum Gasteiger partial charge on any atom is 0.260 e. The van der Waals surface area contributed by atoms with E-state index in [1.807, 2.05) is 6.92 Å². The van der Waals surface area contributed by atoms with Crippen LogP contribution in [0.4, 0.5) is 0 Å². The lowest BCUT2D eigenvalue weighted by Gasteiger charge is -2.40. The van der Waals surface area contributed by atoms with Gasteiger partial charge in [-0.3, -0.25) is 9.58 Å². The Labute approximate surface area is 156 Å². The second kappa shape index (κ2) is 6.89. The highest BCUT2D eigenvalue weighted by Crippen LogP contribution is 2.48. The Balaban J connectivity index is 1.40.